The van der Waals surface area contributed by atoms with E-state index >= 15 is 0 Å². The van der Waals surface area contributed by atoms with Crippen molar-refractivity contribution in [3.05, 3.63) is 0 Å². The Morgan fingerprint density at radius 1 is 1.67 bits per heavy atom. The second-order valence-electron chi connectivity index (χ2n) is 3.93. The molecule has 1 saturated heterocycles. The van der Waals surface area contributed by atoms with Crippen LogP contribution in [0.4, 0.5) is 0 Å². The normalized spacial score (nSPS) is 20.7. The van der Waals surface area contributed by atoms with Gasteiger partial charge in [-0.3, -0.25) is 14.5 Å². The number of rotatable bonds is 6. The number of hydrogen-bond acceptors (Lipinski definition) is 3. The maximum atomic E-state index is 11.0. The van der Waals surface area contributed by atoms with Crippen molar-refractivity contribution in [2.45, 2.75) is 32.2 Å². The van der Waals surface area contributed by atoms with E-state index in [9.17, 15) is 9.59 Å². The van der Waals surface area contributed by atoms with Crippen LogP contribution in [-0.2, 0) is 9.59 Å². The molecular formula is C10H18N2O3. The van der Waals surface area contributed by atoms with E-state index in [1.54, 1.807) is 0 Å². The fourth-order valence-corrected chi connectivity index (χ4v) is 1.87. The molecule has 2 N–H and O–H groups in total. The van der Waals surface area contributed by atoms with Crippen LogP contribution in [-0.4, -0.2) is 47.6 Å². The summed E-state index contributed by atoms with van der Waals surface area (Å²) in [7, 11) is 0. The van der Waals surface area contributed by atoms with Gasteiger partial charge in [-0.2, -0.15) is 0 Å². The second kappa shape index (κ2) is 5.70. The molecule has 0 aromatic carbocycles. The van der Waals surface area contributed by atoms with Crippen LogP contribution in [0.5, 0.6) is 0 Å². The van der Waals surface area contributed by atoms with Crippen molar-refractivity contribution >= 4 is 11.9 Å². The average molecular weight is 214 g/mol. The highest BCUT2D eigenvalue weighted by molar-refractivity contribution is 5.78. The molecule has 86 valence electrons. The quantitative estimate of drug-likeness (QED) is 0.656. The van der Waals surface area contributed by atoms with E-state index in [0.29, 0.717) is 13.0 Å². The molecule has 1 unspecified atom stereocenters. The number of nitrogens with one attached hydrogen (secondary N) is 1. The zero-order valence-electron chi connectivity index (χ0n) is 9.03. The van der Waals surface area contributed by atoms with Crippen LogP contribution >= 0.6 is 0 Å². The van der Waals surface area contributed by atoms with Gasteiger partial charge in [-0.05, 0) is 19.4 Å². The maximum absolute atomic E-state index is 11.0. The fraction of sp³-hybridized carbons (Fsp3) is 0.800. The van der Waals surface area contributed by atoms with E-state index < -0.39 is 5.97 Å². The highest BCUT2D eigenvalue weighted by Crippen LogP contribution is 2.08. The minimum Gasteiger partial charge on any atom is -0.480 e. The van der Waals surface area contributed by atoms with Gasteiger partial charge in [0.1, 0.15) is 0 Å². The Kier molecular flexibility index (Phi) is 4.55. The molecule has 1 heterocycles. The number of carbonyl (C=O) groups excluding carboxylic acids is 1. The third kappa shape index (κ3) is 4.29. The lowest BCUT2D eigenvalue weighted by molar-refractivity contribution is -0.138. The number of amides is 1. The average Bonchev–Trinajstić information content (AvgIpc) is 2.50. The molecule has 0 saturated carbocycles. The summed E-state index contributed by atoms with van der Waals surface area (Å²) in [6.07, 6.45) is 2.31. The Labute approximate surface area is 89.4 Å². The van der Waals surface area contributed by atoms with Crippen LogP contribution in [0, 0.1) is 0 Å². The van der Waals surface area contributed by atoms with Crippen LogP contribution in [0.3, 0.4) is 0 Å². The molecule has 0 aliphatic carbocycles. The highest BCUT2D eigenvalue weighted by atomic mass is 16.4. The fourth-order valence-electron chi connectivity index (χ4n) is 1.87. The summed E-state index contributed by atoms with van der Waals surface area (Å²) in [6.45, 7) is 3.48. The molecule has 15 heavy (non-hydrogen) atoms. The molecule has 0 radical (unpaired) electrons. The van der Waals surface area contributed by atoms with E-state index in [1.807, 2.05) is 11.8 Å². The van der Waals surface area contributed by atoms with Gasteiger partial charge in [0.05, 0.1) is 6.54 Å². The van der Waals surface area contributed by atoms with E-state index in [2.05, 4.69) is 5.32 Å². The van der Waals surface area contributed by atoms with Crippen molar-refractivity contribution in [3.63, 3.8) is 0 Å². The third-order valence-corrected chi connectivity index (χ3v) is 2.46. The minimum atomic E-state index is -0.812. The van der Waals surface area contributed by atoms with Crippen molar-refractivity contribution in [2.24, 2.45) is 0 Å². The van der Waals surface area contributed by atoms with E-state index in [4.69, 9.17) is 5.11 Å². The Morgan fingerprint density at radius 3 is 2.87 bits per heavy atom. The van der Waals surface area contributed by atoms with Gasteiger partial charge in [0.2, 0.25) is 5.91 Å². The van der Waals surface area contributed by atoms with Gasteiger partial charge >= 0.3 is 5.97 Å². The van der Waals surface area contributed by atoms with Gasteiger partial charge in [0.25, 0.3) is 0 Å². The van der Waals surface area contributed by atoms with Crippen molar-refractivity contribution < 1.29 is 14.7 Å². The lowest BCUT2D eigenvalue weighted by Gasteiger charge is -2.22. The minimum absolute atomic E-state index is 0.0558. The summed E-state index contributed by atoms with van der Waals surface area (Å²) in [5, 5.41) is 11.5. The smallest absolute Gasteiger partial charge is 0.317 e. The molecule has 1 aliphatic heterocycles. The number of carbonyl (C=O) groups is 2. The first-order valence-corrected chi connectivity index (χ1v) is 5.35. The SMILES string of the molecule is CCCN(CC(=O)O)CC1CCC(=O)N1. The summed E-state index contributed by atoms with van der Waals surface area (Å²) in [5.41, 5.74) is 0. The van der Waals surface area contributed by atoms with E-state index in [0.717, 1.165) is 19.4 Å². The number of carboxylic acid groups (broad SMARTS) is 1. The van der Waals surface area contributed by atoms with E-state index in [-0.39, 0.29) is 18.5 Å². The van der Waals surface area contributed by atoms with Gasteiger partial charge in [-0.25, -0.2) is 0 Å². The number of nitrogens with zero attached hydrogens (tertiary/aromatic N) is 1. The van der Waals surface area contributed by atoms with Crippen LogP contribution in [0.2, 0.25) is 0 Å². The molecule has 1 atom stereocenters. The van der Waals surface area contributed by atoms with Crippen LogP contribution in [0.15, 0.2) is 0 Å². The van der Waals surface area contributed by atoms with Gasteiger partial charge in [-0.1, -0.05) is 6.92 Å². The summed E-state index contributed by atoms with van der Waals surface area (Å²) < 4.78 is 0. The number of hydrogen-bond donors (Lipinski definition) is 2. The standard InChI is InChI=1S/C10H18N2O3/c1-2-5-12(7-10(14)15)6-8-3-4-9(13)11-8/h8H,2-7H2,1H3,(H,11,13)(H,14,15). The zero-order valence-corrected chi connectivity index (χ0v) is 9.03. The summed E-state index contributed by atoms with van der Waals surface area (Å²) in [4.78, 5) is 23.4. The molecular weight excluding hydrogens is 196 g/mol. The van der Waals surface area contributed by atoms with Crippen molar-refractivity contribution in [1.29, 1.82) is 0 Å². The Morgan fingerprint density at radius 2 is 2.40 bits per heavy atom. The first-order chi connectivity index (χ1) is 7.11. The predicted molar refractivity (Wildman–Crippen MR) is 55.5 cm³/mol. The predicted octanol–water partition coefficient (Wildman–Crippen LogP) is 0.0616. The summed E-state index contributed by atoms with van der Waals surface area (Å²) in [5.74, 6) is -0.737. The van der Waals surface area contributed by atoms with E-state index in [1.165, 1.54) is 0 Å². The molecule has 0 aromatic heterocycles. The molecule has 1 amide bonds. The van der Waals surface area contributed by atoms with Gasteiger partial charge in [0, 0.05) is 19.0 Å². The zero-order chi connectivity index (χ0) is 11.3. The molecule has 1 fully saturated rings. The number of aliphatic carboxylic acids is 1. The molecule has 1 aliphatic rings. The van der Waals surface area contributed by atoms with Gasteiger partial charge in [-0.15, -0.1) is 0 Å². The lowest BCUT2D eigenvalue weighted by Crippen LogP contribution is -2.41. The second-order valence-corrected chi connectivity index (χ2v) is 3.93. The topological polar surface area (TPSA) is 69.6 Å². The first kappa shape index (κ1) is 12.0. The Balaban J connectivity index is 2.36. The molecule has 5 heteroatoms. The highest BCUT2D eigenvalue weighted by Gasteiger charge is 2.23. The number of carboxylic acids is 1. The monoisotopic (exact) mass is 214 g/mol. The first-order valence-electron chi connectivity index (χ1n) is 5.35. The summed E-state index contributed by atoms with van der Waals surface area (Å²) >= 11 is 0. The molecule has 0 spiro atoms. The van der Waals surface area contributed by atoms with Crippen LogP contribution in [0.25, 0.3) is 0 Å². The summed E-state index contributed by atoms with van der Waals surface area (Å²) in [6, 6.07) is 0.128. The molecule has 5 nitrogen and oxygen atoms in total. The van der Waals surface area contributed by atoms with Crippen molar-refractivity contribution in [1.82, 2.24) is 10.2 Å². The van der Waals surface area contributed by atoms with Crippen molar-refractivity contribution in [2.75, 3.05) is 19.6 Å². The molecule has 0 bridgehead atoms. The van der Waals surface area contributed by atoms with Crippen LogP contribution in [0.1, 0.15) is 26.2 Å². The lowest BCUT2D eigenvalue weighted by atomic mass is 10.2. The van der Waals surface area contributed by atoms with Gasteiger partial charge in [0.15, 0.2) is 0 Å². The third-order valence-electron chi connectivity index (χ3n) is 2.46. The Hall–Kier alpha value is -1.10. The maximum Gasteiger partial charge on any atom is 0.317 e. The Bertz CT molecular complexity index is 243. The van der Waals surface area contributed by atoms with Gasteiger partial charge < -0.3 is 10.4 Å². The van der Waals surface area contributed by atoms with Crippen LogP contribution < -0.4 is 5.32 Å². The van der Waals surface area contributed by atoms with Crippen molar-refractivity contribution in [3.8, 4) is 0 Å². The largest absolute Gasteiger partial charge is 0.480 e. The molecule has 0 aromatic rings. The molecule has 1 rings (SSSR count).